The summed E-state index contributed by atoms with van der Waals surface area (Å²) in [5.41, 5.74) is 1.50. The Morgan fingerprint density at radius 1 is 1.35 bits per heavy atom. The first-order valence-electron chi connectivity index (χ1n) is 5.74. The Morgan fingerprint density at radius 3 is 2.80 bits per heavy atom. The van der Waals surface area contributed by atoms with Crippen LogP contribution in [-0.4, -0.2) is 20.0 Å². The fourth-order valence-electron chi connectivity index (χ4n) is 1.82. The second kappa shape index (κ2) is 4.83. The van der Waals surface area contributed by atoms with Gasteiger partial charge in [0.1, 0.15) is 17.6 Å². The molecule has 7 heteroatoms. The Balaban J connectivity index is 2.27. The van der Waals surface area contributed by atoms with Crippen LogP contribution in [0.25, 0.3) is 16.4 Å². The van der Waals surface area contributed by atoms with Crippen molar-refractivity contribution in [2.45, 2.75) is 6.92 Å². The first kappa shape index (κ1) is 12.4. The molecule has 1 aromatic carbocycles. The van der Waals surface area contributed by atoms with Crippen molar-refractivity contribution in [3.8, 4) is 22.5 Å². The van der Waals surface area contributed by atoms with Crippen molar-refractivity contribution in [3.63, 3.8) is 0 Å². The number of thiazole rings is 1. The summed E-state index contributed by atoms with van der Waals surface area (Å²) in [7, 11) is 0. The molecule has 98 valence electrons. The first-order valence-corrected chi connectivity index (χ1v) is 6.62. The van der Waals surface area contributed by atoms with Crippen LogP contribution in [0, 0.1) is 24.1 Å². The van der Waals surface area contributed by atoms with E-state index < -0.39 is 5.82 Å². The zero-order valence-corrected chi connectivity index (χ0v) is 11.2. The molecule has 0 aliphatic carbocycles. The fraction of sp³-hybridized carbons (Fsp3) is 0.0769. The SMILES string of the molecule is Cc1csc(-n2nnc(C#N)c2-c2ccccc2F)n1. The lowest BCUT2D eigenvalue weighted by molar-refractivity contribution is 0.629. The summed E-state index contributed by atoms with van der Waals surface area (Å²) in [5.74, 6) is -0.430. The molecule has 2 aromatic heterocycles. The van der Waals surface area contributed by atoms with Crippen molar-refractivity contribution >= 4 is 11.3 Å². The fourth-order valence-corrected chi connectivity index (χ4v) is 2.58. The van der Waals surface area contributed by atoms with Gasteiger partial charge in [-0.25, -0.2) is 9.37 Å². The van der Waals surface area contributed by atoms with Gasteiger partial charge >= 0.3 is 0 Å². The summed E-state index contributed by atoms with van der Waals surface area (Å²) in [6.45, 7) is 1.85. The maximum absolute atomic E-state index is 14.0. The molecule has 5 nitrogen and oxygen atoms in total. The first-order chi connectivity index (χ1) is 9.70. The summed E-state index contributed by atoms with van der Waals surface area (Å²) in [6.07, 6.45) is 0. The number of hydrogen-bond donors (Lipinski definition) is 0. The molecule has 0 saturated heterocycles. The quantitative estimate of drug-likeness (QED) is 0.726. The minimum Gasteiger partial charge on any atom is -0.224 e. The third kappa shape index (κ3) is 1.96. The average molecular weight is 285 g/mol. The number of aromatic nitrogens is 4. The van der Waals surface area contributed by atoms with E-state index in [2.05, 4.69) is 15.3 Å². The van der Waals surface area contributed by atoms with Crippen LogP contribution in [0.15, 0.2) is 29.6 Å². The Morgan fingerprint density at radius 2 is 2.15 bits per heavy atom. The predicted octanol–water partition coefficient (Wildman–Crippen LogP) is 2.71. The third-order valence-electron chi connectivity index (χ3n) is 2.69. The minimum absolute atomic E-state index is 0.0722. The van der Waals surface area contributed by atoms with Crippen molar-refractivity contribution in [3.05, 3.63) is 46.9 Å². The summed E-state index contributed by atoms with van der Waals surface area (Å²) < 4.78 is 15.4. The molecule has 0 N–H and O–H groups in total. The van der Waals surface area contributed by atoms with E-state index >= 15 is 0 Å². The van der Waals surface area contributed by atoms with Gasteiger partial charge in [-0.1, -0.05) is 17.3 Å². The number of rotatable bonds is 2. The molecule has 20 heavy (non-hydrogen) atoms. The Hall–Kier alpha value is -2.59. The van der Waals surface area contributed by atoms with E-state index in [9.17, 15) is 4.39 Å². The van der Waals surface area contributed by atoms with Gasteiger partial charge in [-0.05, 0) is 19.1 Å². The van der Waals surface area contributed by atoms with E-state index in [1.54, 1.807) is 18.2 Å². The summed E-state index contributed by atoms with van der Waals surface area (Å²) in [6, 6.07) is 8.15. The van der Waals surface area contributed by atoms with Crippen LogP contribution in [0.1, 0.15) is 11.4 Å². The number of halogens is 1. The van der Waals surface area contributed by atoms with Gasteiger partial charge in [0.25, 0.3) is 0 Å². The molecule has 3 rings (SSSR count). The van der Waals surface area contributed by atoms with Gasteiger partial charge in [-0.15, -0.1) is 16.4 Å². The standard InChI is InChI=1S/C13H8FN5S/c1-8-7-20-13(16-8)19-12(11(6-15)17-18-19)9-4-2-3-5-10(9)14/h2-5,7H,1H3. The van der Waals surface area contributed by atoms with Crippen LogP contribution in [0.4, 0.5) is 4.39 Å². The second-order valence-electron chi connectivity index (χ2n) is 4.06. The summed E-state index contributed by atoms with van der Waals surface area (Å²) >= 11 is 1.36. The van der Waals surface area contributed by atoms with Gasteiger partial charge in [0.05, 0.1) is 5.69 Å². The van der Waals surface area contributed by atoms with E-state index in [1.165, 1.54) is 22.1 Å². The maximum atomic E-state index is 14.0. The molecule has 0 aliphatic rings. The van der Waals surface area contributed by atoms with Crippen LogP contribution >= 0.6 is 11.3 Å². The number of aryl methyl sites for hydroxylation is 1. The average Bonchev–Trinajstić information content (AvgIpc) is 3.05. The van der Waals surface area contributed by atoms with Gasteiger partial charge in [-0.2, -0.15) is 9.94 Å². The van der Waals surface area contributed by atoms with E-state index in [-0.39, 0.29) is 11.3 Å². The maximum Gasteiger partial charge on any atom is 0.212 e. The molecule has 0 radical (unpaired) electrons. The number of benzene rings is 1. The van der Waals surface area contributed by atoms with E-state index in [1.807, 2.05) is 18.4 Å². The molecule has 0 amide bonds. The smallest absolute Gasteiger partial charge is 0.212 e. The Bertz CT molecular complexity index is 814. The lowest BCUT2D eigenvalue weighted by Crippen LogP contribution is -2.00. The molecule has 2 heterocycles. The largest absolute Gasteiger partial charge is 0.224 e. The summed E-state index contributed by atoms with van der Waals surface area (Å²) in [4.78, 5) is 4.29. The molecule has 0 saturated carbocycles. The van der Waals surface area contributed by atoms with Crippen LogP contribution in [0.5, 0.6) is 0 Å². The Kier molecular flexibility index (Phi) is 3.00. The molecule has 0 atom stereocenters. The molecule has 0 fully saturated rings. The van der Waals surface area contributed by atoms with Crippen LogP contribution in [0.2, 0.25) is 0 Å². The normalized spacial score (nSPS) is 10.4. The molecule has 3 aromatic rings. The van der Waals surface area contributed by atoms with Crippen molar-refractivity contribution in [1.82, 2.24) is 20.0 Å². The van der Waals surface area contributed by atoms with Gasteiger partial charge in [-0.3, -0.25) is 0 Å². The number of nitrogens with zero attached hydrogens (tertiary/aromatic N) is 5. The van der Waals surface area contributed by atoms with Gasteiger partial charge < -0.3 is 0 Å². The zero-order valence-electron chi connectivity index (χ0n) is 10.4. The van der Waals surface area contributed by atoms with Gasteiger partial charge in [0.2, 0.25) is 5.13 Å². The van der Waals surface area contributed by atoms with Gasteiger partial charge in [0, 0.05) is 10.9 Å². The van der Waals surface area contributed by atoms with Gasteiger partial charge in [0.15, 0.2) is 5.69 Å². The molecule has 0 unspecified atom stereocenters. The van der Waals surface area contributed by atoms with E-state index in [4.69, 9.17) is 5.26 Å². The minimum atomic E-state index is -0.430. The van der Waals surface area contributed by atoms with E-state index in [0.29, 0.717) is 10.8 Å². The Labute approximate surface area is 117 Å². The van der Waals surface area contributed by atoms with Crippen molar-refractivity contribution in [2.24, 2.45) is 0 Å². The topological polar surface area (TPSA) is 67.4 Å². The van der Waals surface area contributed by atoms with Crippen molar-refractivity contribution in [2.75, 3.05) is 0 Å². The van der Waals surface area contributed by atoms with Crippen LogP contribution in [-0.2, 0) is 0 Å². The highest BCUT2D eigenvalue weighted by molar-refractivity contribution is 7.12. The number of hydrogen-bond acceptors (Lipinski definition) is 5. The summed E-state index contributed by atoms with van der Waals surface area (Å²) in [5, 5.41) is 19.2. The highest BCUT2D eigenvalue weighted by atomic mass is 32.1. The van der Waals surface area contributed by atoms with Crippen molar-refractivity contribution < 1.29 is 4.39 Å². The monoisotopic (exact) mass is 285 g/mol. The second-order valence-corrected chi connectivity index (χ2v) is 4.90. The van der Waals surface area contributed by atoms with E-state index in [0.717, 1.165) is 5.69 Å². The highest BCUT2D eigenvalue weighted by Gasteiger charge is 2.20. The molecular weight excluding hydrogens is 277 g/mol. The highest BCUT2D eigenvalue weighted by Crippen LogP contribution is 2.28. The predicted molar refractivity (Wildman–Crippen MR) is 71.9 cm³/mol. The zero-order chi connectivity index (χ0) is 14.1. The lowest BCUT2D eigenvalue weighted by Gasteiger charge is -2.04. The lowest BCUT2D eigenvalue weighted by atomic mass is 10.1. The number of nitriles is 1. The van der Waals surface area contributed by atoms with Crippen LogP contribution in [0.3, 0.4) is 0 Å². The molecule has 0 bridgehead atoms. The molecule has 0 aliphatic heterocycles. The van der Waals surface area contributed by atoms with Crippen LogP contribution < -0.4 is 0 Å². The van der Waals surface area contributed by atoms with Crippen molar-refractivity contribution in [1.29, 1.82) is 5.26 Å². The molecule has 0 spiro atoms. The third-order valence-corrected chi connectivity index (χ3v) is 3.63. The molecular formula is C13H8FN5S.